The van der Waals surface area contributed by atoms with E-state index in [0.717, 1.165) is 12.0 Å². The standard InChI is InChI=1S/C19H21NO5/c1-4-13(2)18(14-8-6-5-7-9-14)19(21)25-17-12-15(20(22)23)10-11-16(17)24-3/h5-13,18H,4H2,1-3H3. The van der Waals surface area contributed by atoms with Gasteiger partial charge in [0.05, 0.1) is 24.0 Å². The van der Waals surface area contributed by atoms with Crippen molar-refractivity contribution in [3.63, 3.8) is 0 Å². The predicted molar refractivity (Wildman–Crippen MR) is 93.9 cm³/mol. The summed E-state index contributed by atoms with van der Waals surface area (Å²) >= 11 is 0. The molecule has 0 fully saturated rings. The van der Waals surface area contributed by atoms with Gasteiger partial charge in [-0.1, -0.05) is 50.6 Å². The third-order valence-electron chi connectivity index (χ3n) is 4.19. The molecule has 0 saturated heterocycles. The van der Waals surface area contributed by atoms with Crippen LogP contribution in [0.4, 0.5) is 5.69 Å². The van der Waals surface area contributed by atoms with E-state index < -0.39 is 16.8 Å². The predicted octanol–water partition coefficient (Wildman–Crippen LogP) is 4.34. The maximum absolute atomic E-state index is 12.8. The minimum Gasteiger partial charge on any atom is -0.493 e. The molecule has 6 heteroatoms. The number of methoxy groups -OCH3 is 1. The van der Waals surface area contributed by atoms with Crippen molar-refractivity contribution >= 4 is 11.7 Å². The third kappa shape index (κ3) is 4.35. The van der Waals surface area contributed by atoms with Crippen LogP contribution in [0.25, 0.3) is 0 Å². The van der Waals surface area contributed by atoms with Crippen molar-refractivity contribution < 1.29 is 19.2 Å². The Bertz CT molecular complexity index is 745. The first-order valence-electron chi connectivity index (χ1n) is 8.07. The van der Waals surface area contributed by atoms with Crippen molar-refractivity contribution in [2.24, 2.45) is 5.92 Å². The van der Waals surface area contributed by atoms with Gasteiger partial charge >= 0.3 is 5.97 Å². The van der Waals surface area contributed by atoms with Crippen LogP contribution < -0.4 is 9.47 Å². The van der Waals surface area contributed by atoms with Crippen LogP contribution in [0.15, 0.2) is 48.5 Å². The highest BCUT2D eigenvalue weighted by atomic mass is 16.6. The molecule has 2 aromatic rings. The SMILES string of the molecule is CCC(C)C(C(=O)Oc1cc([N+](=O)[O-])ccc1OC)c1ccccc1. The lowest BCUT2D eigenvalue weighted by Crippen LogP contribution is -2.24. The van der Waals surface area contributed by atoms with Gasteiger partial charge in [0.1, 0.15) is 0 Å². The summed E-state index contributed by atoms with van der Waals surface area (Å²) in [6.07, 6.45) is 0.792. The maximum Gasteiger partial charge on any atom is 0.319 e. The molecule has 0 heterocycles. The highest BCUT2D eigenvalue weighted by molar-refractivity contribution is 5.81. The summed E-state index contributed by atoms with van der Waals surface area (Å²) in [6.45, 7) is 3.98. The molecule has 0 spiro atoms. The van der Waals surface area contributed by atoms with Crippen molar-refractivity contribution in [1.29, 1.82) is 0 Å². The number of ether oxygens (including phenoxy) is 2. The summed E-state index contributed by atoms with van der Waals surface area (Å²) in [5, 5.41) is 11.0. The number of nitrogens with zero attached hydrogens (tertiary/aromatic N) is 1. The lowest BCUT2D eigenvalue weighted by molar-refractivity contribution is -0.384. The molecule has 25 heavy (non-hydrogen) atoms. The van der Waals surface area contributed by atoms with E-state index in [2.05, 4.69) is 0 Å². The van der Waals surface area contributed by atoms with E-state index in [1.54, 1.807) is 0 Å². The Morgan fingerprint density at radius 1 is 1.16 bits per heavy atom. The lowest BCUT2D eigenvalue weighted by Gasteiger charge is -2.22. The average Bonchev–Trinajstić information content (AvgIpc) is 2.62. The largest absolute Gasteiger partial charge is 0.493 e. The molecule has 0 radical (unpaired) electrons. The molecular formula is C19H21NO5. The van der Waals surface area contributed by atoms with Gasteiger partial charge in [0, 0.05) is 6.07 Å². The van der Waals surface area contributed by atoms with Crippen LogP contribution in [-0.2, 0) is 4.79 Å². The second kappa shape index (κ2) is 8.28. The number of hydrogen-bond acceptors (Lipinski definition) is 5. The zero-order valence-electron chi connectivity index (χ0n) is 14.5. The van der Waals surface area contributed by atoms with E-state index in [1.807, 2.05) is 44.2 Å². The molecule has 0 amide bonds. The van der Waals surface area contributed by atoms with Gasteiger partial charge < -0.3 is 9.47 Å². The Balaban J connectivity index is 2.35. The fraction of sp³-hybridized carbons (Fsp3) is 0.316. The zero-order valence-corrected chi connectivity index (χ0v) is 14.5. The van der Waals surface area contributed by atoms with Gasteiger partial charge in [0.2, 0.25) is 0 Å². The number of rotatable bonds is 7. The molecule has 0 N–H and O–H groups in total. The molecule has 132 valence electrons. The highest BCUT2D eigenvalue weighted by Crippen LogP contribution is 2.34. The maximum atomic E-state index is 12.8. The number of benzene rings is 2. The summed E-state index contributed by atoms with van der Waals surface area (Å²) in [7, 11) is 1.42. The highest BCUT2D eigenvalue weighted by Gasteiger charge is 2.29. The molecule has 0 aliphatic rings. The number of hydrogen-bond donors (Lipinski definition) is 0. The van der Waals surface area contributed by atoms with Gasteiger partial charge in [0.15, 0.2) is 11.5 Å². The molecule has 0 aromatic heterocycles. The summed E-state index contributed by atoms with van der Waals surface area (Å²) < 4.78 is 10.7. The topological polar surface area (TPSA) is 78.7 Å². The van der Waals surface area contributed by atoms with Gasteiger partial charge in [-0.25, -0.2) is 0 Å². The lowest BCUT2D eigenvalue weighted by atomic mass is 9.85. The van der Waals surface area contributed by atoms with Crippen LogP contribution in [0.1, 0.15) is 31.7 Å². The summed E-state index contributed by atoms with van der Waals surface area (Å²) in [4.78, 5) is 23.2. The van der Waals surface area contributed by atoms with Crippen LogP contribution in [0.5, 0.6) is 11.5 Å². The molecule has 0 aliphatic heterocycles. The van der Waals surface area contributed by atoms with Gasteiger partial charge in [-0.3, -0.25) is 14.9 Å². The molecule has 2 unspecified atom stereocenters. The summed E-state index contributed by atoms with van der Waals surface area (Å²) in [6, 6.07) is 13.3. The van der Waals surface area contributed by atoms with E-state index in [4.69, 9.17) is 9.47 Å². The van der Waals surface area contributed by atoms with E-state index in [0.29, 0.717) is 0 Å². The molecular weight excluding hydrogens is 322 g/mol. The van der Waals surface area contributed by atoms with Crippen molar-refractivity contribution in [3.8, 4) is 11.5 Å². The van der Waals surface area contributed by atoms with E-state index >= 15 is 0 Å². The number of nitro benzene ring substituents is 1. The number of carbonyl (C=O) groups is 1. The molecule has 2 rings (SSSR count). The number of esters is 1. The van der Waals surface area contributed by atoms with E-state index in [1.165, 1.54) is 25.3 Å². The molecule has 6 nitrogen and oxygen atoms in total. The van der Waals surface area contributed by atoms with Gasteiger partial charge in [-0.15, -0.1) is 0 Å². The Labute approximate surface area is 146 Å². The Morgan fingerprint density at radius 3 is 2.40 bits per heavy atom. The van der Waals surface area contributed by atoms with Crippen molar-refractivity contribution in [3.05, 3.63) is 64.2 Å². The average molecular weight is 343 g/mol. The Kier molecular flexibility index (Phi) is 6.11. The van der Waals surface area contributed by atoms with E-state index in [-0.39, 0.29) is 23.1 Å². The van der Waals surface area contributed by atoms with Crippen molar-refractivity contribution in [2.45, 2.75) is 26.2 Å². The van der Waals surface area contributed by atoms with Gasteiger partial charge in [-0.05, 0) is 17.5 Å². The van der Waals surface area contributed by atoms with Crippen molar-refractivity contribution in [2.75, 3.05) is 7.11 Å². The van der Waals surface area contributed by atoms with Crippen LogP contribution in [0.3, 0.4) is 0 Å². The summed E-state index contributed by atoms with van der Waals surface area (Å²) in [5.41, 5.74) is 0.689. The fourth-order valence-electron chi connectivity index (χ4n) is 2.62. The molecule has 2 aromatic carbocycles. The van der Waals surface area contributed by atoms with Gasteiger partial charge in [-0.2, -0.15) is 0 Å². The second-order valence-corrected chi connectivity index (χ2v) is 5.79. The smallest absolute Gasteiger partial charge is 0.319 e. The van der Waals surface area contributed by atoms with Gasteiger partial charge in [0.25, 0.3) is 5.69 Å². The first kappa shape index (κ1) is 18.4. The van der Waals surface area contributed by atoms with E-state index in [9.17, 15) is 14.9 Å². The van der Waals surface area contributed by atoms with Crippen LogP contribution in [-0.4, -0.2) is 18.0 Å². The minimum absolute atomic E-state index is 0.0472. The molecule has 0 aliphatic carbocycles. The second-order valence-electron chi connectivity index (χ2n) is 5.79. The number of carbonyl (C=O) groups excluding carboxylic acids is 1. The Morgan fingerprint density at radius 2 is 1.84 bits per heavy atom. The van der Waals surface area contributed by atoms with Crippen LogP contribution in [0, 0.1) is 16.0 Å². The summed E-state index contributed by atoms with van der Waals surface area (Å²) in [5.74, 6) is -0.546. The fourth-order valence-corrected chi connectivity index (χ4v) is 2.62. The monoisotopic (exact) mass is 343 g/mol. The zero-order chi connectivity index (χ0) is 18.4. The first-order chi connectivity index (χ1) is 12.0. The quantitative estimate of drug-likeness (QED) is 0.323. The Hall–Kier alpha value is -2.89. The normalized spacial score (nSPS) is 12.9. The van der Waals surface area contributed by atoms with Crippen LogP contribution in [0.2, 0.25) is 0 Å². The first-order valence-corrected chi connectivity index (χ1v) is 8.07. The van der Waals surface area contributed by atoms with Crippen molar-refractivity contribution in [1.82, 2.24) is 0 Å². The third-order valence-corrected chi connectivity index (χ3v) is 4.19. The molecule has 0 bridgehead atoms. The minimum atomic E-state index is -0.542. The molecule has 2 atom stereocenters. The number of non-ortho nitro benzene ring substituents is 1. The van der Waals surface area contributed by atoms with Crippen LogP contribution >= 0.6 is 0 Å². The molecule has 0 saturated carbocycles. The number of nitro groups is 1.